The van der Waals surface area contributed by atoms with Gasteiger partial charge in [0, 0.05) is 26.2 Å². The first kappa shape index (κ1) is 20.1. The van der Waals surface area contributed by atoms with Crippen molar-refractivity contribution in [2.24, 2.45) is 4.99 Å². The van der Waals surface area contributed by atoms with Crippen molar-refractivity contribution in [1.29, 1.82) is 0 Å². The fourth-order valence-corrected chi connectivity index (χ4v) is 1.86. The predicted octanol–water partition coefficient (Wildman–Crippen LogP) is 2.42. The summed E-state index contributed by atoms with van der Waals surface area (Å²) < 4.78 is 2.00. The minimum atomic E-state index is 0. The van der Waals surface area contributed by atoms with E-state index in [0.29, 0.717) is 0 Å². The molecule has 0 aliphatic rings. The minimum absolute atomic E-state index is 0. The monoisotopic (exact) mass is 408 g/mol. The molecule has 0 amide bonds. The van der Waals surface area contributed by atoms with Crippen LogP contribution in [0.3, 0.4) is 0 Å². The van der Waals surface area contributed by atoms with Crippen molar-refractivity contribution < 1.29 is 0 Å². The van der Waals surface area contributed by atoms with Crippen LogP contribution >= 0.6 is 24.0 Å². The number of hydrogen-bond acceptors (Lipinski definition) is 3. The first-order chi connectivity index (χ1) is 9.86. The highest BCUT2D eigenvalue weighted by atomic mass is 127. The Labute approximate surface area is 145 Å². The van der Waals surface area contributed by atoms with Gasteiger partial charge >= 0.3 is 0 Å². The molecule has 6 nitrogen and oxygen atoms in total. The van der Waals surface area contributed by atoms with Gasteiger partial charge in [0.2, 0.25) is 0 Å². The lowest BCUT2D eigenvalue weighted by Crippen LogP contribution is -2.37. The molecule has 0 aliphatic heterocycles. The van der Waals surface area contributed by atoms with E-state index in [9.17, 15) is 0 Å². The Hall–Kier alpha value is -0.860. The lowest BCUT2D eigenvalue weighted by atomic mass is 10.2. The largest absolute Gasteiger partial charge is 0.357 e. The maximum absolute atomic E-state index is 4.57. The van der Waals surface area contributed by atoms with Gasteiger partial charge in [-0.25, -0.2) is 0 Å². The molecule has 1 rings (SSSR count). The van der Waals surface area contributed by atoms with E-state index in [0.717, 1.165) is 45.0 Å². The number of nitrogens with one attached hydrogen (secondary N) is 2. The molecule has 0 atom stereocenters. The summed E-state index contributed by atoms with van der Waals surface area (Å²) >= 11 is 0. The zero-order valence-corrected chi connectivity index (χ0v) is 15.5. The van der Waals surface area contributed by atoms with Crippen molar-refractivity contribution in [3.8, 4) is 0 Å². The molecule has 0 unspecified atom stereocenters. The molecule has 2 N–H and O–H groups in total. The summed E-state index contributed by atoms with van der Waals surface area (Å²) in [6, 6.07) is 0. The lowest BCUT2D eigenvalue weighted by molar-refractivity contribution is 0.597. The Kier molecular flexibility index (Phi) is 13.5. The van der Waals surface area contributed by atoms with E-state index in [1.165, 1.54) is 19.3 Å². The summed E-state index contributed by atoms with van der Waals surface area (Å²) in [5.74, 6) is 0.938. The van der Waals surface area contributed by atoms with Crippen LogP contribution in [0, 0.1) is 0 Å². The molecule has 0 aliphatic carbocycles. The minimum Gasteiger partial charge on any atom is -0.357 e. The number of rotatable bonds is 10. The second kappa shape index (κ2) is 14.1. The molecule has 0 saturated heterocycles. The highest BCUT2D eigenvalue weighted by Gasteiger charge is 1.97. The fourth-order valence-electron chi connectivity index (χ4n) is 1.86. The number of halogens is 1. The second-order valence-corrected chi connectivity index (χ2v) is 4.80. The summed E-state index contributed by atoms with van der Waals surface area (Å²) in [4.78, 5) is 4.57. The highest BCUT2D eigenvalue weighted by Crippen LogP contribution is 1.94. The van der Waals surface area contributed by atoms with Crippen LogP contribution in [-0.4, -0.2) is 40.4 Å². The molecule has 0 aromatic carbocycles. The quantitative estimate of drug-likeness (QED) is 0.270. The van der Waals surface area contributed by atoms with Crippen LogP contribution in [0.25, 0.3) is 0 Å². The van der Waals surface area contributed by atoms with Crippen molar-refractivity contribution in [3.05, 3.63) is 12.7 Å². The fraction of sp³-hybridized carbons (Fsp3) is 0.786. The van der Waals surface area contributed by atoms with E-state index in [2.05, 4.69) is 39.7 Å². The number of nitrogens with zero attached hydrogens (tertiary/aromatic N) is 4. The molecule has 1 aromatic heterocycles. The van der Waals surface area contributed by atoms with E-state index in [1.54, 1.807) is 12.7 Å². The molecule has 7 heteroatoms. The van der Waals surface area contributed by atoms with Gasteiger partial charge in [0.05, 0.1) is 0 Å². The van der Waals surface area contributed by atoms with Gasteiger partial charge in [-0.15, -0.1) is 34.2 Å². The Balaban J connectivity index is 0.00000400. The molecule has 1 aromatic rings. The predicted molar refractivity (Wildman–Crippen MR) is 98.2 cm³/mol. The number of aliphatic imine (C=N–C) groups is 1. The second-order valence-electron chi connectivity index (χ2n) is 4.80. The third-order valence-corrected chi connectivity index (χ3v) is 2.98. The molecule has 21 heavy (non-hydrogen) atoms. The van der Waals surface area contributed by atoms with Crippen molar-refractivity contribution in [2.45, 2.75) is 52.5 Å². The van der Waals surface area contributed by atoms with Gasteiger partial charge in [-0.05, 0) is 26.2 Å². The van der Waals surface area contributed by atoms with Gasteiger partial charge in [0.15, 0.2) is 5.96 Å². The number of hydrogen-bond donors (Lipinski definition) is 2. The van der Waals surface area contributed by atoms with Gasteiger partial charge in [-0.3, -0.25) is 4.99 Å². The lowest BCUT2D eigenvalue weighted by Gasteiger charge is -2.11. The van der Waals surface area contributed by atoms with Gasteiger partial charge in [-0.1, -0.05) is 19.8 Å². The topological polar surface area (TPSA) is 67.1 Å². The maximum Gasteiger partial charge on any atom is 0.191 e. The van der Waals surface area contributed by atoms with Gasteiger partial charge in [-0.2, -0.15) is 0 Å². The number of aryl methyl sites for hydroxylation is 1. The van der Waals surface area contributed by atoms with E-state index in [-0.39, 0.29) is 24.0 Å². The van der Waals surface area contributed by atoms with Crippen LogP contribution in [0.2, 0.25) is 0 Å². The van der Waals surface area contributed by atoms with Gasteiger partial charge < -0.3 is 15.2 Å². The van der Waals surface area contributed by atoms with E-state index in [4.69, 9.17) is 0 Å². The summed E-state index contributed by atoms with van der Waals surface area (Å²) in [7, 11) is 0. The molecule has 0 fully saturated rings. The van der Waals surface area contributed by atoms with E-state index in [1.807, 2.05) is 4.57 Å². The molecule has 0 bridgehead atoms. The zero-order chi connectivity index (χ0) is 14.5. The number of unbranched alkanes of at least 4 members (excludes halogenated alkanes) is 3. The standard InChI is InChI=1S/C14H28N6.HI/c1-3-5-6-9-16-14(15-4-2)17-10-7-8-11-20-12-18-19-13-20;/h12-13H,3-11H2,1-2H3,(H2,15,16,17);1H. The number of guanidine groups is 1. The maximum atomic E-state index is 4.57. The van der Waals surface area contributed by atoms with E-state index >= 15 is 0 Å². The van der Waals surface area contributed by atoms with Crippen LogP contribution in [0.4, 0.5) is 0 Å². The number of aromatic nitrogens is 3. The van der Waals surface area contributed by atoms with Crippen LogP contribution in [0.15, 0.2) is 17.6 Å². The van der Waals surface area contributed by atoms with Gasteiger partial charge in [0.25, 0.3) is 0 Å². The molecule has 122 valence electrons. The van der Waals surface area contributed by atoms with Crippen LogP contribution in [0.1, 0.15) is 46.0 Å². The molecular weight excluding hydrogens is 379 g/mol. The molecular formula is C14H29IN6. The first-order valence-electron chi connectivity index (χ1n) is 7.71. The summed E-state index contributed by atoms with van der Waals surface area (Å²) in [5.41, 5.74) is 0. The molecule has 1 heterocycles. The Morgan fingerprint density at radius 1 is 1.05 bits per heavy atom. The Morgan fingerprint density at radius 3 is 2.48 bits per heavy atom. The van der Waals surface area contributed by atoms with E-state index < -0.39 is 0 Å². The normalized spacial score (nSPS) is 11.0. The summed E-state index contributed by atoms with van der Waals surface area (Å²) in [6.07, 6.45) is 9.39. The average molecular weight is 408 g/mol. The summed E-state index contributed by atoms with van der Waals surface area (Å²) in [5, 5.41) is 14.2. The van der Waals surface area contributed by atoms with Crippen molar-refractivity contribution in [2.75, 3.05) is 19.6 Å². The zero-order valence-electron chi connectivity index (χ0n) is 13.2. The molecule has 0 spiro atoms. The van der Waals surface area contributed by atoms with Gasteiger partial charge in [0.1, 0.15) is 12.7 Å². The molecule has 0 saturated carbocycles. The van der Waals surface area contributed by atoms with Crippen molar-refractivity contribution >= 4 is 29.9 Å². The average Bonchev–Trinajstić information content (AvgIpc) is 2.96. The third kappa shape index (κ3) is 10.5. The summed E-state index contributed by atoms with van der Waals surface area (Å²) in [6.45, 7) is 8.03. The van der Waals surface area contributed by atoms with Crippen molar-refractivity contribution in [3.63, 3.8) is 0 Å². The smallest absolute Gasteiger partial charge is 0.191 e. The van der Waals surface area contributed by atoms with Crippen molar-refractivity contribution in [1.82, 2.24) is 25.4 Å². The van der Waals surface area contributed by atoms with Crippen LogP contribution in [0.5, 0.6) is 0 Å². The third-order valence-electron chi connectivity index (χ3n) is 2.98. The first-order valence-corrected chi connectivity index (χ1v) is 7.71. The van der Waals surface area contributed by atoms with Crippen LogP contribution < -0.4 is 10.6 Å². The SMILES string of the molecule is CCCCCN=C(NCC)NCCCCn1cnnc1.I. The highest BCUT2D eigenvalue weighted by molar-refractivity contribution is 14.0. The van der Waals surface area contributed by atoms with Crippen LogP contribution in [-0.2, 0) is 6.54 Å². The Bertz CT molecular complexity index is 352. The molecule has 0 radical (unpaired) electrons. The Morgan fingerprint density at radius 2 is 1.81 bits per heavy atom.